The lowest BCUT2D eigenvalue weighted by atomic mass is 10.1. The zero-order valence-corrected chi connectivity index (χ0v) is 9.72. The Hall–Kier alpha value is -2.12. The molecule has 1 rings (SSSR count). The third kappa shape index (κ3) is 4.04. The molecule has 7 heteroatoms. The average molecular weight is 252 g/mol. The quantitative estimate of drug-likeness (QED) is 0.244. The third-order valence-electron chi connectivity index (χ3n) is 2.36. The van der Waals surface area contributed by atoms with Gasteiger partial charge in [0.25, 0.3) is 5.91 Å². The number of phenolic OH excluding ortho intramolecular Hbond substituents is 1. The highest BCUT2D eigenvalue weighted by atomic mass is 16.3. The van der Waals surface area contributed by atoms with E-state index in [1.54, 1.807) is 12.1 Å². The van der Waals surface area contributed by atoms with Gasteiger partial charge in [-0.05, 0) is 17.7 Å². The summed E-state index contributed by atoms with van der Waals surface area (Å²) >= 11 is 0. The van der Waals surface area contributed by atoms with Gasteiger partial charge < -0.3 is 16.2 Å². The van der Waals surface area contributed by atoms with Crippen molar-refractivity contribution in [3.8, 4) is 5.75 Å². The summed E-state index contributed by atoms with van der Waals surface area (Å²) in [5.41, 5.74) is 7.93. The van der Waals surface area contributed by atoms with Crippen LogP contribution < -0.4 is 22.3 Å². The van der Waals surface area contributed by atoms with E-state index in [2.05, 4.69) is 5.32 Å². The molecule has 2 amide bonds. The second-order valence-corrected chi connectivity index (χ2v) is 3.70. The number of carbonyl (C=O) groups is 2. The minimum Gasteiger partial charge on any atom is -0.508 e. The molecule has 7 nitrogen and oxygen atoms in total. The van der Waals surface area contributed by atoms with Crippen molar-refractivity contribution in [1.29, 1.82) is 0 Å². The summed E-state index contributed by atoms with van der Waals surface area (Å²) in [6.07, 6.45) is 0.259. The van der Waals surface area contributed by atoms with Gasteiger partial charge in [0.1, 0.15) is 11.8 Å². The largest absolute Gasteiger partial charge is 0.508 e. The van der Waals surface area contributed by atoms with Gasteiger partial charge in [0.15, 0.2) is 0 Å². The lowest BCUT2D eigenvalue weighted by Crippen LogP contribution is -2.51. The van der Waals surface area contributed by atoms with Gasteiger partial charge in [0, 0.05) is 6.42 Å². The molecule has 0 aliphatic heterocycles. The van der Waals surface area contributed by atoms with E-state index >= 15 is 0 Å². The zero-order valence-electron chi connectivity index (χ0n) is 9.72. The van der Waals surface area contributed by atoms with Gasteiger partial charge in [-0.25, -0.2) is 5.84 Å². The van der Waals surface area contributed by atoms with Gasteiger partial charge >= 0.3 is 0 Å². The highest BCUT2D eigenvalue weighted by Crippen LogP contribution is 2.11. The molecule has 0 aromatic heterocycles. The van der Waals surface area contributed by atoms with E-state index in [-0.39, 0.29) is 18.7 Å². The number of nitrogens with two attached hydrogens (primary N) is 2. The van der Waals surface area contributed by atoms with E-state index < -0.39 is 17.9 Å². The Morgan fingerprint density at radius 2 is 1.89 bits per heavy atom. The summed E-state index contributed by atoms with van der Waals surface area (Å²) in [6.45, 7) is -0.204. The minimum atomic E-state index is -0.796. The Morgan fingerprint density at radius 3 is 2.39 bits per heavy atom. The molecule has 1 aromatic rings. The molecular formula is C11H16N4O3. The summed E-state index contributed by atoms with van der Waals surface area (Å²) in [4.78, 5) is 22.7. The molecule has 18 heavy (non-hydrogen) atoms. The number of nitrogens with one attached hydrogen (secondary N) is 2. The first kappa shape index (κ1) is 13.9. The van der Waals surface area contributed by atoms with Gasteiger partial charge in [-0.2, -0.15) is 0 Å². The fourth-order valence-corrected chi connectivity index (χ4v) is 1.43. The Bertz CT molecular complexity index is 419. The van der Waals surface area contributed by atoms with Gasteiger partial charge in [-0.3, -0.25) is 15.0 Å². The number of phenols is 1. The molecular weight excluding hydrogens is 236 g/mol. The number of rotatable bonds is 5. The molecule has 0 spiro atoms. The molecule has 0 saturated carbocycles. The van der Waals surface area contributed by atoms with Crippen LogP contribution in [0.25, 0.3) is 0 Å². The molecule has 1 atom stereocenters. The fraction of sp³-hybridized carbons (Fsp3) is 0.273. The first-order chi connectivity index (χ1) is 8.56. The van der Waals surface area contributed by atoms with Crippen LogP contribution in [0.5, 0.6) is 5.75 Å². The van der Waals surface area contributed by atoms with Gasteiger partial charge in [-0.15, -0.1) is 0 Å². The molecule has 1 unspecified atom stereocenters. The van der Waals surface area contributed by atoms with Crippen LogP contribution in [0.3, 0.4) is 0 Å². The Morgan fingerprint density at radius 1 is 1.28 bits per heavy atom. The van der Waals surface area contributed by atoms with Crippen molar-refractivity contribution in [3.05, 3.63) is 29.8 Å². The van der Waals surface area contributed by atoms with Crippen LogP contribution in [0.2, 0.25) is 0 Å². The summed E-state index contributed by atoms with van der Waals surface area (Å²) < 4.78 is 0. The van der Waals surface area contributed by atoms with Gasteiger partial charge in [0.05, 0.1) is 6.54 Å². The number of benzene rings is 1. The molecule has 0 aliphatic rings. The van der Waals surface area contributed by atoms with Crippen LogP contribution in [0, 0.1) is 0 Å². The van der Waals surface area contributed by atoms with Crippen LogP contribution in [0.1, 0.15) is 5.56 Å². The van der Waals surface area contributed by atoms with E-state index in [0.717, 1.165) is 5.56 Å². The van der Waals surface area contributed by atoms with Crippen molar-refractivity contribution in [2.24, 2.45) is 11.6 Å². The highest BCUT2D eigenvalue weighted by molar-refractivity contribution is 5.88. The molecule has 0 aliphatic carbocycles. The lowest BCUT2D eigenvalue weighted by Gasteiger charge is -2.16. The maximum Gasteiger partial charge on any atom is 0.256 e. The molecule has 1 aromatic carbocycles. The number of hydrazine groups is 1. The zero-order chi connectivity index (χ0) is 13.5. The molecule has 0 fully saturated rings. The van der Waals surface area contributed by atoms with E-state index in [0.29, 0.717) is 0 Å². The van der Waals surface area contributed by atoms with E-state index in [1.165, 1.54) is 12.1 Å². The Kier molecular flexibility index (Phi) is 5.09. The van der Waals surface area contributed by atoms with Crippen molar-refractivity contribution >= 4 is 11.8 Å². The van der Waals surface area contributed by atoms with Gasteiger partial charge in [0.2, 0.25) is 5.91 Å². The van der Waals surface area contributed by atoms with Crippen LogP contribution in [0.4, 0.5) is 0 Å². The SMILES string of the molecule is NCC(=O)NC(Cc1ccc(O)cc1)C(=O)NN. The monoisotopic (exact) mass is 252 g/mol. The maximum atomic E-state index is 11.5. The molecule has 0 bridgehead atoms. The average Bonchev–Trinajstić information content (AvgIpc) is 2.39. The number of hydrogen-bond donors (Lipinski definition) is 5. The fourth-order valence-electron chi connectivity index (χ4n) is 1.43. The first-order valence-corrected chi connectivity index (χ1v) is 5.34. The lowest BCUT2D eigenvalue weighted by molar-refractivity contribution is -0.128. The Balaban J connectivity index is 2.74. The predicted octanol–water partition coefficient (Wildman–Crippen LogP) is -1.63. The summed E-state index contributed by atoms with van der Waals surface area (Å²) in [5.74, 6) is 4.22. The summed E-state index contributed by atoms with van der Waals surface area (Å²) in [5, 5.41) is 11.6. The molecule has 98 valence electrons. The number of aromatic hydroxyl groups is 1. The van der Waals surface area contributed by atoms with Crippen LogP contribution in [-0.4, -0.2) is 29.5 Å². The summed E-state index contributed by atoms with van der Waals surface area (Å²) in [7, 11) is 0. The second-order valence-electron chi connectivity index (χ2n) is 3.70. The number of amides is 2. The van der Waals surface area contributed by atoms with Crippen molar-refractivity contribution in [3.63, 3.8) is 0 Å². The normalized spacial score (nSPS) is 11.7. The third-order valence-corrected chi connectivity index (χ3v) is 2.36. The van der Waals surface area contributed by atoms with Crippen molar-refractivity contribution in [2.75, 3.05) is 6.54 Å². The van der Waals surface area contributed by atoms with Crippen molar-refractivity contribution < 1.29 is 14.7 Å². The van der Waals surface area contributed by atoms with Gasteiger partial charge in [-0.1, -0.05) is 12.1 Å². The number of carbonyl (C=O) groups excluding carboxylic acids is 2. The molecule has 0 heterocycles. The highest BCUT2D eigenvalue weighted by Gasteiger charge is 2.19. The van der Waals surface area contributed by atoms with Crippen molar-refractivity contribution in [2.45, 2.75) is 12.5 Å². The second kappa shape index (κ2) is 6.58. The standard InChI is InChI=1S/C11H16N4O3/c12-6-10(17)14-9(11(18)15-13)5-7-1-3-8(16)4-2-7/h1-4,9,16H,5-6,12-13H2,(H,14,17)(H,15,18). The molecule has 0 saturated heterocycles. The van der Waals surface area contributed by atoms with Crippen molar-refractivity contribution in [1.82, 2.24) is 10.7 Å². The first-order valence-electron chi connectivity index (χ1n) is 5.34. The van der Waals surface area contributed by atoms with E-state index in [4.69, 9.17) is 16.7 Å². The minimum absolute atomic E-state index is 0.129. The summed E-state index contributed by atoms with van der Waals surface area (Å²) in [6, 6.07) is 5.51. The molecule has 7 N–H and O–H groups in total. The van der Waals surface area contributed by atoms with E-state index in [1.807, 2.05) is 5.43 Å². The number of hydrogen-bond acceptors (Lipinski definition) is 5. The van der Waals surface area contributed by atoms with Crippen LogP contribution in [-0.2, 0) is 16.0 Å². The smallest absolute Gasteiger partial charge is 0.256 e. The molecule has 0 radical (unpaired) electrons. The maximum absolute atomic E-state index is 11.5. The van der Waals surface area contributed by atoms with Crippen LogP contribution >= 0.6 is 0 Å². The van der Waals surface area contributed by atoms with Crippen LogP contribution in [0.15, 0.2) is 24.3 Å². The Labute approximate surface area is 104 Å². The predicted molar refractivity (Wildman–Crippen MR) is 65.1 cm³/mol. The topological polar surface area (TPSA) is 130 Å². The van der Waals surface area contributed by atoms with E-state index in [9.17, 15) is 9.59 Å².